The lowest BCUT2D eigenvalue weighted by Gasteiger charge is -2.15. The van der Waals surface area contributed by atoms with E-state index in [1.54, 1.807) is 4.68 Å². The molecule has 13 heteroatoms. The van der Waals surface area contributed by atoms with E-state index in [0.29, 0.717) is 29.2 Å². The largest absolute Gasteiger partial charge is 0.376 e. The fraction of sp³-hybridized carbons (Fsp3) is 0.632. The molecule has 2 aliphatic rings. The summed E-state index contributed by atoms with van der Waals surface area (Å²) in [4.78, 5) is 12.3. The van der Waals surface area contributed by atoms with Crippen molar-refractivity contribution in [3.05, 3.63) is 12.3 Å². The van der Waals surface area contributed by atoms with Crippen LogP contribution in [0, 0.1) is 0 Å². The number of amides is 1. The number of thioether (sulfide) groups is 1. The summed E-state index contributed by atoms with van der Waals surface area (Å²) in [6.07, 6.45) is 6.27. The van der Waals surface area contributed by atoms with Crippen LogP contribution < -0.4 is 16.2 Å². The summed E-state index contributed by atoms with van der Waals surface area (Å²) in [6.45, 7) is 2.81. The molecule has 0 aromatic carbocycles. The molecule has 3 N–H and O–H groups in total. The van der Waals surface area contributed by atoms with Crippen molar-refractivity contribution in [3.8, 4) is 11.5 Å². The Morgan fingerprint density at radius 2 is 2.00 bits per heavy atom. The minimum absolute atomic E-state index is 0.107. The number of nitrogens with one attached hydrogen (secondary N) is 3. The molecule has 2 aromatic rings. The standard InChI is InChI=1S/C19H28N8O3S2/c1-26-7-6-15(25-26)17-22-24-19(27(17)11-14-5-3-9-30-14)32-12-16(28)21-23-18(31)20-10-13-4-2-8-29-13/h6-7,13-14H,2-5,8-12H2,1H3,(H,21,28)(H2,20,23,31)/t13-,14-/m1/s1. The fourth-order valence-electron chi connectivity index (χ4n) is 3.62. The second-order valence-electron chi connectivity index (χ2n) is 7.73. The van der Waals surface area contributed by atoms with Crippen LogP contribution in [0.3, 0.4) is 0 Å². The number of carbonyl (C=O) groups excluding carboxylic acids is 1. The van der Waals surface area contributed by atoms with Crippen molar-refractivity contribution < 1.29 is 14.3 Å². The number of aryl methyl sites for hydroxylation is 1. The first-order chi connectivity index (χ1) is 15.6. The van der Waals surface area contributed by atoms with E-state index in [1.807, 2.05) is 23.9 Å². The van der Waals surface area contributed by atoms with Crippen LogP contribution >= 0.6 is 24.0 Å². The van der Waals surface area contributed by atoms with Crippen molar-refractivity contribution in [1.82, 2.24) is 40.7 Å². The number of aromatic nitrogens is 5. The number of rotatable bonds is 8. The van der Waals surface area contributed by atoms with Gasteiger partial charge in [0.15, 0.2) is 16.1 Å². The van der Waals surface area contributed by atoms with Crippen LogP contribution in [0.1, 0.15) is 25.7 Å². The van der Waals surface area contributed by atoms with Crippen LogP contribution in [0.2, 0.25) is 0 Å². The third-order valence-electron chi connectivity index (χ3n) is 5.23. The SMILES string of the molecule is Cn1ccc(-c2nnc(SCC(=O)NNC(=S)NC[C@H]3CCCO3)n2C[C@H]2CCCO2)n1. The van der Waals surface area contributed by atoms with E-state index >= 15 is 0 Å². The summed E-state index contributed by atoms with van der Waals surface area (Å²) in [5, 5.41) is 17.1. The molecule has 11 nitrogen and oxygen atoms in total. The van der Waals surface area contributed by atoms with Crippen molar-refractivity contribution >= 4 is 35.0 Å². The van der Waals surface area contributed by atoms with Gasteiger partial charge in [0.2, 0.25) is 5.91 Å². The monoisotopic (exact) mass is 480 g/mol. The third-order valence-corrected chi connectivity index (χ3v) is 6.45. The van der Waals surface area contributed by atoms with Crippen LogP contribution in [-0.2, 0) is 27.9 Å². The van der Waals surface area contributed by atoms with E-state index in [1.165, 1.54) is 11.8 Å². The Hall–Kier alpha value is -2.22. The summed E-state index contributed by atoms with van der Waals surface area (Å²) < 4.78 is 15.0. The molecule has 0 spiro atoms. The lowest BCUT2D eigenvalue weighted by atomic mass is 10.2. The number of thiocarbonyl (C=S) groups is 1. The first kappa shape index (κ1) is 23.0. The van der Waals surface area contributed by atoms with Gasteiger partial charge in [0.05, 0.1) is 24.5 Å². The number of hydrogen-bond donors (Lipinski definition) is 3. The van der Waals surface area contributed by atoms with Crippen LogP contribution in [0.4, 0.5) is 0 Å². The first-order valence-corrected chi connectivity index (χ1v) is 12.1. The molecule has 2 atom stereocenters. The van der Waals surface area contributed by atoms with Gasteiger partial charge in [-0.25, -0.2) is 0 Å². The zero-order chi connectivity index (χ0) is 22.3. The molecular weight excluding hydrogens is 452 g/mol. The van der Waals surface area contributed by atoms with E-state index < -0.39 is 0 Å². The first-order valence-electron chi connectivity index (χ1n) is 10.7. The maximum Gasteiger partial charge on any atom is 0.248 e. The predicted octanol–water partition coefficient (Wildman–Crippen LogP) is 0.624. The molecule has 32 heavy (non-hydrogen) atoms. The molecule has 4 rings (SSSR count). The summed E-state index contributed by atoms with van der Waals surface area (Å²) in [7, 11) is 1.86. The van der Waals surface area contributed by atoms with Crippen LogP contribution in [0.5, 0.6) is 0 Å². The van der Waals surface area contributed by atoms with E-state index in [9.17, 15) is 4.79 Å². The van der Waals surface area contributed by atoms with Gasteiger partial charge in [-0.1, -0.05) is 11.8 Å². The number of hydrogen-bond acceptors (Lipinski definition) is 8. The maximum atomic E-state index is 12.3. The molecular formula is C19H28N8O3S2. The second kappa shape index (κ2) is 11.1. The lowest BCUT2D eigenvalue weighted by Crippen LogP contribution is -2.48. The van der Waals surface area contributed by atoms with Gasteiger partial charge >= 0.3 is 0 Å². The average molecular weight is 481 g/mol. The average Bonchev–Trinajstić information content (AvgIpc) is 3.58. The van der Waals surface area contributed by atoms with Gasteiger partial charge in [0.25, 0.3) is 0 Å². The molecule has 0 aliphatic carbocycles. The normalized spacial score (nSPS) is 20.4. The van der Waals surface area contributed by atoms with Crippen LogP contribution in [-0.4, -0.2) is 73.3 Å². The molecule has 2 saturated heterocycles. The summed E-state index contributed by atoms with van der Waals surface area (Å²) in [6, 6.07) is 1.89. The summed E-state index contributed by atoms with van der Waals surface area (Å²) >= 11 is 6.51. The third kappa shape index (κ3) is 6.18. The Balaban J connectivity index is 1.30. The Kier molecular flexibility index (Phi) is 7.95. The number of hydrazine groups is 1. The van der Waals surface area contributed by atoms with Gasteiger partial charge in [-0.15, -0.1) is 10.2 Å². The van der Waals surface area contributed by atoms with Crippen molar-refractivity contribution in [2.24, 2.45) is 7.05 Å². The van der Waals surface area contributed by atoms with Crippen molar-refractivity contribution in [2.75, 3.05) is 25.5 Å². The van der Waals surface area contributed by atoms with E-state index in [4.69, 9.17) is 21.7 Å². The van der Waals surface area contributed by atoms with E-state index in [0.717, 1.165) is 44.6 Å². The zero-order valence-corrected chi connectivity index (χ0v) is 19.6. The number of nitrogens with zero attached hydrogens (tertiary/aromatic N) is 5. The van der Waals surface area contributed by atoms with Gasteiger partial charge in [0, 0.05) is 33.0 Å². The fourth-order valence-corrected chi connectivity index (χ4v) is 4.51. The zero-order valence-electron chi connectivity index (χ0n) is 18.0. The highest BCUT2D eigenvalue weighted by Gasteiger charge is 2.23. The minimum Gasteiger partial charge on any atom is -0.376 e. The Morgan fingerprint density at radius 1 is 1.22 bits per heavy atom. The molecule has 1 amide bonds. The summed E-state index contributed by atoms with van der Waals surface area (Å²) in [5.74, 6) is 0.608. The van der Waals surface area contributed by atoms with Gasteiger partial charge in [0.1, 0.15) is 5.69 Å². The molecule has 4 heterocycles. The molecule has 174 valence electrons. The number of ether oxygens (including phenoxy) is 2. The molecule has 0 bridgehead atoms. The molecule has 2 aliphatic heterocycles. The Bertz CT molecular complexity index is 922. The van der Waals surface area contributed by atoms with Gasteiger partial charge in [-0.05, 0) is 44.0 Å². The van der Waals surface area contributed by atoms with Crippen molar-refractivity contribution in [3.63, 3.8) is 0 Å². The van der Waals surface area contributed by atoms with Crippen molar-refractivity contribution in [1.29, 1.82) is 0 Å². The topological polar surface area (TPSA) is 120 Å². The van der Waals surface area contributed by atoms with E-state index in [-0.39, 0.29) is 23.9 Å². The highest BCUT2D eigenvalue weighted by molar-refractivity contribution is 7.99. The lowest BCUT2D eigenvalue weighted by molar-refractivity contribution is -0.119. The molecule has 2 aromatic heterocycles. The smallest absolute Gasteiger partial charge is 0.248 e. The quantitative estimate of drug-likeness (QED) is 0.282. The Morgan fingerprint density at radius 3 is 2.69 bits per heavy atom. The van der Waals surface area contributed by atoms with Crippen LogP contribution in [0.25, 0.3) is 11.5 Å². The molecule has 0 unspecified atom stereocenters. The highest BCUT2D eigenvalue weighted by atomic mass is 32.2. The molecule has 0 radical (unpaired) electrons. The Labute approximate surface area is 196 Å². The maximum absolute atomic E-state index is 12.3. The minimum atomic E-state index is -0.220. The highest BCUT2D eigenvalue weighted by Crippen LogP contribution is 2.25. The number of carbonyl (C=O) groups is 1. The van der Waals surface area contributed by atoms with E-state index in [2.05, 4.69) is 31.5 Å². The predicted molar refractivity (Wildman–Crippen MR) is 123 cm³/mol. The van der Waals surface area contributed by atoms with Gasteiger partial charge < -0.3 is 14.8 Å². The molecule has 0 saturated carbocycles. The van der Waals surface area contributed by atoms with Crippen LogP contribution in [0.15, 0.2) is 17.4 Å². The summed E-state index contributed by atoms with van der Waals surface area (Å²) in [5.41, 5.74) is 6.07. The van der Waals surface area contributed by atoms with Crippen molar-refractivity contribution in [2.45, 2.75) is 49.6 Å². The van der Waals surface area contributed by atoms with Gasteiger partial charge in [-0.3, -0.25) is 24.9 Å². The van der Waals surface area contributed by atoms with Gasteiger partial charge in [-0.2, -0.15) is 5.10 Å². The molecule has 2 fully saturated rings. The second-order valence-corrected chi connectivity index (χ2v) is 9.08.